The van der Waals surface area contributed by atoms with Gasteiger partial charge in [0.1, 0.15) is 11.6 Å². The van der Waals surface area contributed by atoms with Crippen molar-refractivity contribution < 1.29 is 0 Å². The molecule has 0 aromatic carbocycles. The van der Waals surface area contributed by atoms with Crippen molar-refractivity contribution in [1.29, 1.82) is 5.26 Å². The number of aromatic nitrogens is 3. The molecule has 0 saturated heterocycles. The van der Waals surface area contributed by atoms with Crippen LogP contribution in [0, 0.1) is 32.1 Å². The largest absolute Gasteiger partial charge is 0.363 e. The Kier molecular flexibility index (Phi) is 3.53. The molecular formula is C12H13N5S. The van der Waals surface area contributed by atoms with Gasteiger partial charge in [-0.3, -0.25) is 0 Å². The molecule has 0 aliphatic heterocycles. The lowest BCUT2D eigenvalue weighted by Gasteiger charge is -2.08. The fourth-order valence-electron chi connectivity index (χ4n) is 1.53. The van der Waals surface area contributed by atoms with E-state index in [0.29, 0.717) is 17.9 Å². The minimum absolute atomic E-state index is 0.536. The van der Waals surface area contributed by atoms with Gasteiger partial charge in [-0.25, -0.2) is 4.98 Å². The summed E-state index contributed by atoms with van der Waals surface area (Å²) >= 11 is 1.58. The molecule has 0 fully saturated rings. The maximum atomic E-state index is 9.17. The van der Waals surface area contributed by atoms with Crippen molar-refractivity contribution in [1.82, 2.24) is 15.2 Å². The van der Waals surface area contributed by atoms with Crippen molar-refractivity contribution in [3.05, 3.63) is 32.9 Å². The molecule has 0 aliphatic carbocycles. The van der Waals surface area contributed by atoms with Gasteiger partial charge in [0, 0.05) is 4.88 Å². The van der Waals surface area contributed by atoms with Crippen LogP contribution in [0.5, 0.6) is 0 Å². The first-order valence-electron chi connectivity index (χ1n) is 5.50. The smallest absolute Gasteiger partial charge is 0.167 e. The Morgan fingerprint density at radius 3 is 2.67 bits per heavy atom. The Balaban J connectivity index is 2.23. The second-order valence-electron chi connectivity index (χ2n) is 3.96. The van der Waals surface area contributed by atoms with E-state index in [1.807, 2.05) is 26.3 Å². The summed E-state index contributed by atoms with van der Waals surface area (Å²) in [5, 5.41) is 20.4. The van der Waals surface area contributed by atoms with E-state index in [4.69, 9.17) is 5.26 Å². The summed E-state index contributed by atoms with van der Waals surface area (Å²) in [5.74, 6) is 0.536. The molecule has 2 aromatic rings. The van der Waals surface area contributed by atoms with E-state index < -0.39 is 0 Å². The van der Waals surface area contributed by atoms with Crippen LogP contribution in [0.15, 0.2) is 5.51 Å². The Bertz CT molecular complexity index is 611. The van der Waals surface area contributed by atoms with Crippen LogP contribution in [0.4, 0.5) is 5.82 Å². The molecule has 6 heteroatoms. The van der Waals surface area contributed by atoms with Gasteiger partial charge >= 0.3 is 0 Å². The van der Waals surface area contributed by atoms with E-state index in [9.17, 15) is 0 Å². The SMILES string of the molecule is Cc1ncsc1CNc1nnc(C)c(C)c1C#N. The van der Waals surface area contributed by atoms with Gasteiger partial charge in [-0.1, -0.05) is 0 Å². The van der Waals surface area contributed by atoms with Crippen LogP contribution in [0.3, 0.4) is 0 Å². The first-order valence-corrected chi connectivity index (χ1v) is 6.38. The van der Waals surface area contributed by atoms with Crippen LogP contribution < -0.4 is 5.32 Å². The molecule has 0 unspecified atom stereocenters. The quantitative estimate of drug-likeness (QED) is 0.915. The zero-order valence-electron chi connectivity index (χ0n) is 10.5. The summed E-state index contributed by atoms with van der Waals surface area (Å²) in [5.41, 5.74) is 5.03. The van der Waals surface area contributed by atoms with Gasteiger partial charge in [-0.05, 0) is 26.3 Å². The number of anilines is 1. The van der Waals surface area contributed by atoms with Crippen molar-refractivity contribution in [3.8, 4) is 6.07 Å². The van der Waals surface area contributed by atoms with E-state index in [-0.39, 0.29) is 0 Å². The predicted molar refractivity (Wildman–Crippen MR) is 70.4 cm³/mol. The van der Waals surface area contributed by atoms with Gasteiger partial charge in [-0.15, -0.1) is 16.4 Å². The second-order valence-corrected chi connectivity index (χ2v) is 4.90. The minimum Gasteiger partial charge on any atom is -0.363 e. The molecule has 0 amide bonds. The lowest BCUT2D eigenvalue weighted by Crippen LogP contribution is -2.07. The Labute approximate surface area is 110 Å². The molecule has 92 valence electrons. The third-order valence-corrected chi connectivity index (χ3v) is 3.76. The average Bonchev–Trinajstić information content (AvgIpc) is 2.76. The van der Waals surface area contributed by atoms with E-state index >= 15 is 0 Å². The number of rotatable bonds is 3. The third-order valence-electron chi connectivity index (χ3n) is 2.83. The van der Waals surface area contributed by atoms with Crippen LogP contribution in [0.25, 0.3) is 0 Å². The summed E-state index contributed by atoms with van der Waals surface area (Å²) in [6.07, 6.45) is 0. The van der Waals surface area contributed by atoms with E-state index in [0.717, 1.165) is 21.8 Å². The maximum Gasteiger partial charge on any atom is 0.167 e. The van der Waals surface area contributed by atoms with E-state index in [1.54, 1.807) is 11.3 Å². The van der Waals surface area contributed by atoms with Crippen molar-refractivity contribution in [2.45, 2.75) is 27.3 Å². The second kappa shape index (κ2) is 5.10. The lowest BCUT2D eigenvalue weighted by atomic mass is 10.1. The van der Waals surface area contributed by atoms with Crippen molar-refractivity contribution in [2.24, 2.45) is 0 Å². The molecular weight excluding hydrogens is 246 g/mol. The normalized spacial score (nSPS) is 10.1. The van der Waals surface area contributed by atoms with Crippen LogP contribution >= 0.6 is 11.3 Å². The van der Waals surface area contributed by atoms with Crippen molar-refractivity contribution in [2.75, 3.05) is 5.32 Å². The number of hydrogen-bond acceptors (Lipinski definition) is 6. The Morgan fingerprint density at radius 1 is 1.28 bits per heavy atom. The highest BCUT2D eigenvalue weighted by Gasteiger charge is 2.11. The first kappa shape index (κ1) is 12.5. The number of nitriles is 1. The molecule has 0 saturated carbocycles. The van der Waals surface area contributed by atoms with Crippen molar-refractivity contribution >= 4 is 17.2 Å². The van der Waals surface area contributed by atoms with Gasteiger partial charge in [0.25, 0.3) is 0 Å². The van der Waals surface area contributed by atoms with Gasteiger partial charge < -0.3 is 5.32 Å². The van der Waals surface area contributed by atoms with E-state index in [1.165, 1.54) is 0 Å². The molecule has 0 spiro atoms. The number of hydrogen-bond donors (Lipinski definition) is 1. The standard InChI is InChI=1S/C12H13N5S/c1-7-8(2)16-17-12(10(7)4-13)14-5-11-9(3)15-6-18-11/h6H,5H2,1-3H3,(H,14,17). The average molecular weight is 259 g/mol. The van der Waals surface area contributed by atoms with Gasteiger partial charge in [-0.2, -0.15) is 10.4 Å². The number of aryl methyl sites for hydroxylation is 2. The summed E-state index contributed by atoms with van der Waals surface area (Å²) in [4.78, 5) is 5.32. The summed E-state index contributed by atoms with van der Waals surface area (Å²) < 4.78 is 0. The highest BCUT2D eigenvalue weighted by molar-refractivity contribution is 7.09. The Hall–Kier alpha value is -2.00. The molecule has 2 aromatic heterocycles. The summed E-state index contributed by atoms with van der Waals surface area (Å²) in [6.45, 7) is 6.30. The zero-order chi connectivity index (χ0) is 13.1. The van der Waals surface area contributed by atoms with Crippen LogP contribution in [-0.4, -0.2) is 15.2 Å². The van der Waals surface area contributed by atoms with Gasteiger partial charge in [0.2, 0.25) is 0 Å². The fraction of sp³-hybridized carbons (Fsp3) is 0.333. The summed E-state index contributed by atoms with van der Waals surface area (Å²) in [6, 6.07) is 2.17. The lowest BCUT2D eigenvalue weighted by molar-refractivity contribution is 0.941. The zero-order valence-corrected chi connectivity index (χ0v) is 11.3. The monoisotopic (exact) mass is 259 g/mol. The van der Waals surface area contributed by atoms with Crippen LogP contribution in [0.2, 0.25) is 0 Å². The molecule has 2 rings (SSSR count). The van der Waals surface area contributed by atoms with Crippen molar-refractivity contribution in [3.63, 3.8) is 0 Å². The fourth-order valence-corrected chi connectivity index (χ4v) is 2.25. The third kappa shape index (κ3) is 2.31. The molecule has 18 heavy (non-hydrogen) atoms. The number of thiazole rings is 1. The Morgan fingerprint density at radius 2 is 2.06 bits per heavy atom. The first-order chi connectivity index (χ1) is 8.63. The number of nitrogens with zero attached hydrogens (tertiary/aromatic N) is 4. The number of nitrogens with one attached hydrogen (secondary N) is 1. The molecule has 0 aliphatic rings. The molecule has 2 heterocycles. The van der Waals surface area contributed by atoms with Gasteiger partial charge in [0.05, 0.1) is 23.4 Å². The van der Waals surface area contributed by atoms with E-state index in [2.05, 4.69) is 26.6 Å². The molecule has 5 nitrogen and oxygen atoms in total. The maximum absolute atomic E-state index is 9.17. The molecule has 0 atom stereocenters. The summed E-state index contributed by atoms with van der Waals surface area (Å²) in [7, 11) is 0. The topological polar surface area (TPSA) is 74.5 Å². The van der Waals surface area contributed by atoms with Crippen LogP contribution in [0.1, 0.15) is 27.4 Å². The molecule has 0 bridgehead atoms. The highest BCUT2D eigenvalue weighted by Crippen LogP contribution is 2.19. The predicted octanol–water partition coefficient (Wildman–Crippen LogP) is 2.34. The van der Waals surface area contributed by atoms with Crippen LogP contribution in [-0.2, 0) is 6.54 Å². The molecule has 0 radical (unpaired) electrons. The molecule has 1 N–H and O–H groups in total. The highest BCUT2D eigenvalue weighted by atomic mass is 32.1. The minimum atomic E-state index is 0.536. The van der Waals surface area contributed by atoms with Gasteiger partial charge in [0.15, 0.2) is 5.82 Å².